The third-order valence-electron chi connectivity index (χ3n) is 4.51. The van der Waals surface area contributed by atoms with Gasteiger partial charge < -0.3 is 15.0 Å². The molecule has 0 spiro atoms. The van der Waals surface area contributed by atoms with E-state index in [0.29, 0.717) is 23.7 Å². The fraction of sp³-hybridized carbons (Fsp3) is 0.389. The molecule has 7 heteroatoms. The maximum Gasteiger partial charge on any atom is 0.407 e. The molecule has 6 nitrogen and oxygen atoms in total. The number of nitrogens with zero attached hydrogens (tertiary/aromatic N) is 2. The van der Waals surface area contributed by atoms with E-state index in [1.165, 1.54) is 14.0 Å². The third-order valence-corrected chi connectivity index (χ3v) is 4.83. The Morgan fingerprint density at radius 3 is 2.72 bits per heavy atom. The number of fused-ring (bicyclic) bond motifs is 1. The minimum absolute atomic E-state index is 0.0423. The topological polar surface area (TPSA) is 71.5 Å². The van der Waals surface area contributed by atoms with E-state index < -0.39 is 6.09 Å². The van der Waals surface area contributed by atoms with Gasteiger partial charge in [0.25, 0.3) is 0 Å². The van der Waals surface area contributed by atoms with Crippen LogP contribution in [0.15, 0.2) is 24.4 Å². The van der Waals surface area contributed by atoms with Crippen LogP contribution < -0.4 is 10.2 Å². The number of alkyl carbamates (subject to hydrolysis) is 1. The molecule has 0 atom stereocenters. The van der Waals surface area contributed by atoms with Gasteiger partial charge in [-0.2, -0.15) is 0 Å². The Morgan fingerprint density at radius 2 is 2.08 bits per heavy atom. The summed E-state index contributed by atoms with van der Waals surface area (Å²) in [6, 6.07) is 5.53. The summed E-state index contributed by atoms with van der Waals surface area (Å²) in [6.45, 7) is 2.96. The minimum atomic E-state index is -0.415. The first kappa shape index (κ1) is 17.5. The molecule has 0 unspecified atom stereocenters. The lowest BCUT2D eigenvalue weighted by atomic mass is 9.99. The van der Waals surface area contributed by atoms with E-state index in [0.717, 1.165) is 29.4 Å². The molecule has 132 valence electrons. The van der Waals surface area contributed by atoms with Crippen LogP contribution in [0.25, 0.3) is 10.9 Å². The van der Waals surface area contributed by atoms with Gasteiger partial charge in [-0.25, -0.2) is 4.79 Å². The number of Topliss-reactive ketones (excluding diaryl/α,β-unsaturated/α-hetero) is 1. The molecule has 1 aromatic carbocycles. The predicted octanol–water partition coefficient (Wildman–Crippen LogP) is 3.42. The summed E-state index contributed by atoms with van der Waals surface area (Å²) in [5, 5.41) is 4.19. The van der Waals surface area contributed by atoms with Gasteiger partial charge in [0, 0.05) is 36.3 Å². The molecular weight excluding hydrogens is 342 g/mol. The molecule has 0 bridgehead atoms. The number of carbonyl (C=O) groups excluding carboxylic acids is 2. The van der Waals surface area contributed by atoms with Crippen molar-refractivity contribution in [3.63, 3.8) is 0 Å². The largest absolute Gasteiger partial charge is 0.453 e. The van der Waals surface area contributed by atoms with Crippen LogP contribution in [0.4, 0.5) is 10.5 Å². The molecule has 1 N–H and O–H groups in total. The van der Waals surface area contributed by atoms with Crippen molar-refractivity contribution in [3.8, 4) is 0 Å². The number of nitrogens with one attached hydrogen (secondary N) is 1. The van der Waals surface area contributed by atoms with Gasteiger partial charge in [-0.15, -0.1) is 0 Å². The highest BCUT2D eigenvalue weighted by Gasteiger charge is 2.26. The number of ketones is 1. The first-order chi connectivity index (χ1) is 12.0. The lowest BCUT2D eigenvalue weighted by Crippen LogP contribution is -2.45. The summed E-state index contributed by atoms with van der Waals surface area (Å²) in [4.78, 5) is 30.2. The first-order valence-electron chi connectivity index (χ1n) is 8.19. The molecule has 1 aliphatic heterocycles. The molecule has 3 rings (SSSR count). The van der Waals surface area contributed by atoms with Crippen LogP contribution in [-0.4, -0.2) is 43.1 Å². The predicted molar refractivity (Wildman–Crippen MR) is 97.5 cm³/mol. The molecule has 2 aromatic rings. The Bertz CT molecular complexity index is 817. The maximum atomic E-state index is 12.2. The lowest BCUT2D eigenvalue weighted by molar-refractivity contribution is 0.101. The van der Waals surface area contributed by atoms with E-state index in [9.17, 15) is 9.59 Å². The second kappa shape index (κ2) is 7.27. The van der Waals surface area contributed by atoms with Gasteiger partial charge >= 0.3 is 6.09 Å². The number of carbonyl (C=O) groups is 2. The summed E-state index contributed by atoms with van der Waals surface area (Å²) in [5.74, 6) is -0.0423. The van der Waals surface area contributed by atoms with Crippen molar-refractivity contribution < 1.29 is 14.3 Å². The number of methoxy groups -OCH3 is 1. The Morgan fingerprint density at radius 1 is 1.36 bits per heavy atom. The average molecular weight is 362 g/mol. The molecule has 0 radical (unpaired) electrons. The number of amides is 1. The zero-order chi connectivity index (χ0) is 18.0. The molecule has 1 aromatic heterocycles. The molecule has 2 heterocycles. The van der Waals surface area contributed by atoms with E-state index in [1.54, 1.807) is 12.3 Å². The van der Waals surface area contributed by atoms with Gasteiger partial charge in [-0.3, -0.25) is 9.78 Å². The van der Waals surface area contributed by atoms with Gasteiger partial charge in [0.1, 0.15) is 0 Å². The number of rotatable bonds is 3. The second-order valence-electron chi connectivity index (χ2n) is 6.11. The molecule has 25 heavy (non-hydrogen) atoms. The van der Waals surface area contributed by atoms with Gasteiger partial charge in [0.05, 0.1) is 23.3 Å². The summed E-state index contributed by atoms with van der Waals surface area (Å²) in [7, 11) is 1.36. The van der Waals surface area contributed by atoms with E-state index in [1.807, 2.05) is 12.1 Å². The highest BCUT2D eigenvalue weighted by molar-refractivity contribution is 6.36. The Hall–Kier alpha value is -2.34. The van der Waals surface area contributed by atoms with Crippen molar-refractivity contribution in [1.82, 2.24) is 10.3 Å². The molecule has 1 saturated heterocycles. The van der Waals surface area contributed by atoms with Crippen LogP contribution in [-0.2, 0) is 4.74 Å². The smallest absolute Gasteiger partial charge is 0.407 e. The summed E-state index contributed by atoms with van der Waals surface area (Å²) < 4.78 is 4.65. The van der Waals surface area contributed by atoms with E-state index >= 15 is 0 Å². The highest BCUT2D eigenvalue weighted by atomic mass is 35.5. The lowest BCUT2D eigenvalue weighted by Gasteiger charge is -2.35. The number of benzene rings is 1. The Kier molecular flexibility index (Phi) is 5.08. The summed E-state index contributed by atoms with van der Waals surface area (Å²) in [5.41, 5.74) is 2.14. The number of hydrogen-bond donors (Lipinski definition) is 1. The maximum absolute atomic E-state index is 12.2. The number of ether oxygens (including phenoxy) is 1. The average Bonchev–Trinajstić information content (AvgIpc) is 2.62. The number of hydrogen-bond acceptors (Lipinski definition) is 5. The van der Waals surface area contributed by atoms with E-state index in [-0.39, 0.29) is 11.8 Å². The van der Waals surface area contributed by atoms with Crippen LogP contribution >= 0.6 is 11.6 Å². The van der Waals surface area contributed by atoms with Crippen LogP contribution in [0.3, 0.4) is 0 Å². The number of anilines is 1. The van der Waals surface area contributed by atoms with Gasteiger partial charge in [0.2, 0.25) is 0 Å². The van der Waals surface area contributed by atoms with Crippen LogP contribution in [0.1, 0.15) is 30.1 Å². The minimum Gasteiger partial charge on any atom is -0.453 e. The second-order valence-corrected chi connectivity index (χ2v) is 6.51. The molecule has 0 aliphatic carbocycles. The molecule has 1 aliphatic rings. The normalized spacial score (nSPS) is 15.2. The number of halogens is 1. The third kappa shape index (κ3) is 3.54. The van der Waals surface area contributed by atoms with Crippen LogP contribution in [0.5, 0.6) is 0 Å². The van der Waals surface area contributed by atoms with Crippen molar-refractivity contribution in [2.45, 2.75) is 25.8 Å². The zero-order valence-corrected chi connectivity index (χ0v) is 15.0. The van der Waals surface area contributed by atoms with Gasteiger partial charge in [0.15, 0.2) is 5.78 Å². The Balaban J connectivity index is 1.93. The molecule has 1 amide bonds. The van der Waals surface area contributed by atoms with Crippen molar-refractivity contribution in [2.75, 3.05) is 25.1 Å². The zero-order valence-electron chi connectivity index (χ0n) is 14.2. The molecular formula is C18H20ClN3O3. The van der Waals surface area contributed by atoms with Gasteiger partial charge in [-0.05, 0) is 38.0 Å². The number of piperidine rings is 1. The number of aromatic nitrogens is 1. The Labute approximate surface area is 151 Å². The fourth-order valence-corrected chi connectivity index (χ4v) is 3.51. The van der Waals surface area contributed by atoms with Crippen molar-refractivity contribution >= 4 is 40.1 Å². The number of pyridine rings is 1. The fourth-order valence-electron chi connectivity index (χ4n) is 3.25. The first-order valence-corrected chi connectivity index (χ1v) is 8.56. The van der Waals surface area contributed by atoms with Crippen LogP contribution in [0.2, 0.25) is 5.02 Å². The van der Waals surface area contributed by atoms with Crippen molar-refractivity contribution in [3.05, 3.63) is 35.0 Å². The van der Waals surface area contributed by atoms with Crippen LogP contribution in [0, 0.1) is 0 Å². The monoisotopic (exact) mass is 361 g/mol. The van der Waals surface area contributed by atoms with E-state index in [2.05, 4.69) is 19.9 Å². The quantitative estimate of drug-likeness (QED) is 0.848. The van der Waals surface area contributed by atoms with Crippen molar-refractivity contribution in [2.24, 2.45) is 0 Å². The standard InChI is InChI=1S/C18H20ClN3O3/c1-11(23)14-10-15(19)13-4-3-7-20-16(13)17(14)22-8-5-12(6-9-22)21-18(24)25-2/h3-4,7,10,12H,5-6,8-9H2,1-2H3,(H,21,24). The molecule has 1 fully saturated rings. The SMILES string of the molecule is COC(=O)NC1CCN(c2c(C(C)=O)cc(Cl)c3cccnc23)CC1. The van der Waals surface area contributed by atoms with Gasteiger partial charge in [-0.1, -0.05) is 11.6 Å². The highest BCUT2D eigenvalue weighted by Crippen LogP contribution is 2.36. The summed E-state index contributed by atoms with van der Waals surface area (Å²) in [6.07, 6.45) is 2.83. The summed E-state index contributed by atoms with van der Waals surface area (Å²) >= 11 is 6.34. The van der Waals surface area contributed by atoms with Crippen molar-refractivity contribution in [1.29, 1.82) is 0 Å². The van der Waals surface area contributed by atoms with E-state index in [4.69, 9.17) is 11.6 Å². The molecule has 0 saturated carbocycles.